The van der Waals surface area contributed by atoms with Crippen molar-refractivity contribution in [2.24, 2.45) is 4.99 Å². The third kappa shape index (κ3) is 5.73. The van der Waals surface area contributed by atoms with Gasteiger partial charge in [-0.25, -0.2) is 9.79 Å². The number of methoxy groups -OCH3 is 1. The number of benzene rings is 2. The summed E-state index contributed by atoms with van der Waals surface area (Å²) in [6, 6.07) is 12.6. The van der Waals surface area contributed by atoms with Gasteiger partial charge in [0.15, 0.2) is 11.5 Å². The van der Waals surface area contributed by atoms with Gasteiger partial charge in [0.1, 0.15) is 4.67 Å². The maximum atomic E-state index is 13.4. The van der Waals surface area contributed by atoms with E-state index < -0.39 is 11.9 Å². The Kier molecular flexibility index (Phi) is 8.73. The number of hydrogen-bond acceptors (Lipinski definition) is 7. The van der Waals surface area contributed by atoms with Crippen molar-refractivity contribution in [1.29, 1.82) is 0 Å². The van der Waals surface area contributed by atoms with Crippen LogP contribution in [0.1, 0.15) is 53.7 Å². The zero-order valence-electron chi connectivity index (χ0n) is 23.2. The second-order valence-electron chi connectivity index (χ2n) is 9.88. The molecule has 0 bridgehead atoms. The first-order valence-electron chi connectivity index (χ1n) is 13.3. The van der Waals surface area contributed by atoms with Crippen LogP contribution in [0, 0.1) is 0 Å². The molecule has 3 heterocycles. The minimum absolute atomic E-state index is 0.0365. The first-order valence-corrected chi connectivity index (χ1v) is 15.1. The van der Waals surface area contributed by atoms with Gasteiger partial charge in [-0.05, 0) is 74.7 Å². The average Bonchev–Trinajstić information content (AvgIpc) is 3.33. The van der Waals surface area contributed by atoms with Crippen molar-refractivity contribution in [3.63, 3.8) is 0 Å². The standard InChI is InChI=1S/C31H30Cl2N2O5S/c1-5-39-31(37)28-22(15-32)34-29-27(26(28)19-8-11-23(40-17(2)3)24(14-19)38-4)21-12-13-35(16-25(21)41-29)30(36)18-6-9-20(33)10-7-18/h6-11,14,16-17,26H,5,12-13,15H2,1-4H3. The molecule has 2 aliphatic rings. The van der Waals surface area contributed by atoms with Crippen LogP contribution in [0.4, 0.5) is 0 Å². The highest BCUT2D eigenvalue weighted by Gasteiger charge is 2.37. The first kappa shape index (κ1) is 29.2. The summed E-state index contributed by atoms with van der Waals surface area (Å²) in [7, 11) is 1.59. The van der Waals surface area contributed by atoms with Crippen molar-refractivity contribution < 1.29 is 23.8 Å². The largest absolute Gasteiger partial charge is 0.493 e. The molecule has 2 aliphatic heterocycles. The fraction of sp³-hybridized carbons (Fsp3) is 0.323. The third-order valence-corrected chi connectivity index (χ3v) is 8.50. The van der Waals surface area contributed by atoms with Crippen LogP contribution in [-0.2, 0) is 16.0 Å². The van der Waals surface area contributed by atoms with Gasteiger partial charge >= 0.3 is 5.97 Å². The number of allylic oxidation sites excluding steroid dienone is 1. The van der Waals surface area contributed by atoms with Crippen LogP contribution in [0.25, 0.3) is 6.20 Å². The van der Waals surface area contributed by atoms with Crippen LogP contribution in [0.3, 0.4) is 0 Å². The van der Waals surface area contributed by atoms with E-state index in [9.17, 15) is 9.59 Å². The number of halogens is 2. The first-order chi connectivity index (χ1) is 19.7. The maximum absolute atomic E-state index is 13.4. The number of amides is 1. The molecule has 7 nitrogen and oxygen atoms in total. The topological polar surface area (TPSA) is 77.4 Å². The molecule has 1 unspecified atom stereocenters. The Morgan fingerprint density at radius 2 is 1.90 bits per heavy atom. The van der Waals surface area contributed by atoms with Gasteiger partial charge in [-0.15, -0.1) is 22.9 Å². The van der Waals surface area contributed by atoms with Gasteiger partial charge in [-0.1, -0.05) is 17.7 Å². The van der Waals surface area contributed by atoms with Crippen molar-refractivity contribution >= 4 is 52.6 Å². The monoisotopic (exact) mass is 612 g/mol. The molecule has 0 spiro atoms. The molecule has 0 saturated carbocycles. The summed E-state index contributed by atoms with van der Waals surface area (Å²) in [4.78, 5) is 33.2. The van der Waals surface area contributed by atoms with Gasteiger partial charge in [0.2, 0.25) is 0 Å². The molecular weight excluding hydrogens is 583 g/mol. The lowest BCUT2D eigenvalue weighted by Crippen LogP contribution is -2.34. The van der Waals surface area contributed by atoms with E-state index in [2.05, 4.69) is 0 Å². The highest BCUT2D eigenvalue weighted by Crippen LogP contribution is 2.41. The summed E-state index contributed by atoms with van der Waals surface area (Å²) < 4.78 is 18.8. The molecule has 0 fully saturated rings. The molecule has 3 aromatic rings. The zero-order chi connectivity index (χ0) is 29.3. The van der Waals surface area contributed by atoms with Crippen LogP contribution >= 0.6 is 34.5 Å². The van der Waals surface area contributed by atoms with Gasteiger partial charge in [-0.2, -0.15) is 0 Å². The highest BCUT2D eigenvalue weighted by molar-refractivity contribution is 7.07. The van der Waals surface area contributed by atoms with Crippen LogP contribution in [0.5, 0.6) is 11.5 Å². The summed E-state index contributed by atoms with van der Waals surface area (Å²) >= 11 is 13.9. The van der Waals surface area contributed by atoms with Gasteiger partial charge in [0.05, 0.1) is 37.0 Å². The number of carbonyl (C=O) groups is 2. The molecule has 10 heteroatoms. The summed E-state index contributed by atoms with van der Waals surface area (Å²) in [5, 5.41) is 0.575. The van der Waals surface area contributed by atoms with Crippen molar-refractivity contribution in [2.75, 3.05) is 26.1 Å². The number of rotatable bonds is 8. The van der Waals surface area contributed by atoms with Crippen LogP contribution in [0.15, 0.2) is 58.7 Å². The number of ether oxygens (including phenoxy) is 3. The van der Waals surface area contributed by atoms with Crippen molar-refractivity contribution in [3.8, 4) is 11.5 Å². The summed E-state index contributed by atoms with van der Waals surface area (Å²) in [5.41, 5.74) is 4.25. The molecule has 0 N–H and O–H groups in total. The van der Waals surface area contributed by atoms with Crippen molar-refractivity contribution in [2.45, 2.75) is 39.2 Å². The van der Waals surface area contributed by atoms with E-state index in [0.717, 1.165) is 25.9 Å². The predicted molar refractivity (Wildman–Crippen MR) is 161 cm³/mol. The number of nitrogens with zero attached hydrogens (tertiary/aromatic N) is 2. The van der Waals surface area contributed by atoms with E-state index in [1.807, 2.05) is 38.2 Å². The Morgan fingerprint density at radius 3 is 2.56 bits per heavy atom. The molecule has 41 heavy (non-hydrogen) atoms. The summed E-state index contributed by atoms with van der Waals surface area (Å²) in [5.74, 6) is 0.176. The van der Waals surface area contributed by atoms with Gasteiger partial charge < -0.3 is 19.1 Å². The summed E-state index contributed by atoms with van der Waals surface area (Å²) in [6.07, 6.45) is 2.43. The lowest BCUT2D eigenvalue weighted by molar-refractivity contribution is -0.138. The van der Waals surface area contributed by atoms with Gasteiger partial charge in [0.25, 0.3) is 5.91 Å². The van der Waals surface area contributed by atoms with Gasteiger partial charge in [-0.3, -0.25) is 4.79 Å². The van der Waals surface area contributed by atoms with E-state index >= 15 is 0 Å². The predicted octanol–water partition coefficient (Wildman–Crippen LogP) is 5.45. The lowest BCUT2D eigenvalue weighted by Gasteiger charge is -2.27. The lowest BCUT2D eigenvalue weighted by atomic mass is 9.81. The molecule has 1 atom stereocenters. The van der Waals surface area contributed by atoms with Crippen molar-refractivity contribution in [1.82, 2.24) is 4.90 Å². The SMILES string of the molecule is CCOC(=O)C1=C(CCl)N=c2sc3c(c2C1c1ccc(OC(C)C)c(OC)c1)CCN(C(=O)c1ccc(Cl)cc1)C=3. The molecular formula is C31H30Cl2N2O5S. The highest BCUT2D eigenvalue weighted by atomic mass is 35.5. The van der Waals surface area contributed by atoms with E-state index in [4.69, 9.17) is 42.4 Å². The third-order valence-electron chi connectivity index (χ3n) is 6.92. The Hall–Kier alpha value is -3.33. The molecule has 0 saturated heterocycles. The fourth-order valence-corrected chi connectivity index (χ4v) is 6.73. The normalized spacial score (nSPS) is 16.0. The van der Waals surface area contributed by atoms with E-state index in [-0.39, 0.29) is 24.5 Å². The maximum Gasteiger partial charge on any atom is 0.336 e. The number of fused-ring (bicyclic) bond motifs is 3. The zero-order valence-corrected chi connectivity index (χ0v) is 25.5. The second-order valence-corrected chi connectivity index (χ2v) is 11.6. The van der Waals surface area contributed by atoms with E-state index in [1.54, 1.807) is 43.2 Å². The molecule has 1 amide bonds. The number of thiophene rings is 1. The number of hydrogen-bond donors (Lipinski definition) is 0. The Labute approximate surface area is 252 Å². The number of esters is 1. The minimum Gasteiger partial charge on any atom is -0.493 e. The molecule has 0 radical (unpaired) electrons. The average molecular weight is 614 g/mol. The van der Waals surface area contributed by atoms with Crippen LogP contribution in [-0.4, -0.2) is 49.0 Å². The summed E-state index contributed by atoms with van der Waals surface area (Å²) in [6.45, 7) is 6.38. The van der Waals surface area contributed by atoms with Crippen LogP contribution < -0.4 is 18.7 Å². The molecule has 214 valence electrons. The van der Waals surface area contributed by atoms with Crippen LogP contribution in [0.2, 0.25) is 5.02 Å². The second kappa shape index (κ2) is 12.3. The van der Waals surface area contributed by atoms with Crippen molar-refractivity contribution in [3.05, 3.63) is 90.2 Å². The molecule has 2 aromatic carbocycles. The Balaban J connectivity index is 1.66. The van der Waals surface area contributed by atoms with Gasteiger partial charge in [0, 0.05) is 39.3 Å². The molecule has 5 rings (SSSR count). The molecule has 0 aliphatic carbocycles. The van der Waals surface area contributed by atoms with E-state index in [1.165, 1.54) is 11.3 Å². The van der Waals surface area contributed by atoms with E-state index in [0.29, 0.717) is 46.3 Å². The number of carbonyl (C=O) groups excluding carboxylic acids is 2. The quantitative estimate of drug-likeness (QED) is 0.249. The number of alkyl halides is 1. The fourth-order valence-electron chi connectivity index (χ4n) is 5.17. The Morgan fingerprint density at radius 1 is 1.15 bits per heavy atom. The molecule has 1 aromatic heterocycles. The Bertz CT molecular complexity index is 1650. The smallest absolute Gasteiger partial charge is 0.336 e. The minimum atomic E-state index is -0.482.